The summed E-state index contributed by atoms with van der Waals surface area (Å²) >= 11 is 2.04. The van der Waals surface area contributed by atoms with Crippen LogP contribution in [-0.2, 0) is 16.8 Å². The molecule has 0 spiro atoms. The zero-order valence-corrected chi connectivity index (χ0v) is 16.2. The molecule has 2 aromatic rings. The molecular weight excluding hydrogens is 413 g/mol. The molecule has 2 aromatic carbocycles. The third-order valence-corrected chi connectivity index (χ3v) is 4.69. The molecular formula is C19H22INO3. The lowest BCUT2D eigenvalue weighted by atomic mass is 9.85. The van der Waals surface area contributed by atoms with Gasteiger partial charge in [-0.3, -0.25) is 10.1 Å². The topological polar surface area (TPSA) is 69.6 Å². The van der Waals surface area contributed by atoms with Crippen molar-refractivity contribution in [2.45, 2.75) is 38.8 Å². The van der Waals surface area contributed by atoms with Crippen molar-refractivity contribution < 1.29 is 15.0 Å². The van der Waals surface area contributed by atoms with Gasteiger partial charge in [0, 0.05) is 12.1 Å². The smallest absolute Gasteiger partial charge is 0.325 e. The minimum atomic E-state index is -1.01. The summed E-state index contributed by atoms with van der Waals surface area (Å²) < 4.78 is 0.655. The van der Waals surface area contributed by atoms with Gasteiger partial charge in [-0.1, -0.05) is 51.1 Å². The number of benzene rings is 2. The third kappa shape index (κ3) is 4.48. The second kappa shape index (κ2) is 7.53. The molecule has 0 aromatic heterocycles. The Kier molecular flexibility index (Phi) is 5.87. The quantitative estimate of drug-likeness (QED) is 0.616. The molecule has 1 atom stereocenters. The summed E-state index contributed by atoms with van der Waals surface area (Å²) in [6.07, 6.45) is 0. The molecule has 0 saturated heterocycles. The van der Waals surface area contributed by atoms with Gasteiger partial charge in [0.15, 0.2) is 0 Å². The highest BCUT2D eigenvalue weighted by Gasteiger charge is 2.26. The summed E-state index contributed by atoms with van der Waals surface area (Å²) in [5, 5.41) is 23.1. The number of rotatable bonds is 5. The van der Waals surface area contributed by atoms with Gasteiger partial charge in [-0.05, 0) is 51.3 Å². The van der Waals surface area contributed by atoms with Crippen LogP contribution in [0.25, 0.3) is 0 Å². The molecule has 2 rings (SSSR count). The van der Waals surface area contributed by atoms with Gasteiger partial charge in [-0.2, -0.15) is 0 Å². The lowest BCUT2D eigenvalue weighted by Crippen LogP contribution is -2.29. The standard InChI is InChI=1S/C19H22INO3/c1-19(2,3)13-9-14(17(22)15(20)10-13)16(18(23)24)21-11-12-7-5-4-6-8-12/h4-10,16,21-22H,11H2,1-3H3,(H,23,24)/i20-4. The molecule has 1 unspecified atom stereocenters. The molecule has 5 heteroatoms. The molecule has 0 amide bonds. The Hall–Kier alpha value is -1.60. The Morgan fingerprint density at radius 3 is 2.38 bits per heavy atom. The summed E-state index contributed by atoms with van der Waals surface area (Å²) in [6, 6.07) is 12.3. The number of hydrogen-bond acceptors (Lipinski definition) is 3. The third-order valence-electron chi connectivity index (χ3n) is 3.87. The second-order valence-electron chi connectivity index (χ2n) is 6.78. The summed E-state index contributed by atoms with van der Waals surface area (Å²) in [5.41, 5.74) is 2.25. The average molecular weight is 435 g/mol. The fourth-order valence-corrected chi connectivity index (χ4v) is 3.07. The zero-order valence-electron chi connectivity index (χ0n) is 14.0. The zero-order chi connectivity index (χ0) is 17.9. The molecule has 0 aliphatic heterocycles. The summed E-state index contributed by atoms with van der Waals surface area (Å²) in [4.78, 5) is 11.8. The van der Waals surface area contributed by atoms with E-state index in [9.17, 15) is 15.0 Å². The molecule has 0 aliphatic rings. The van der Waals surface area contributed by atoms with Crippen molar-refractivity contribution in [1.82, 2.24) is 5.32 Å². The van der Waals surface area contributed by atoms with Crippen molar-refractivity contribution >= 4 is 28.6 Å². The van der Waals surface area contributed by atoms with E-state index in [1.807, 2.05) is 59.0 Å². The van der Waals surface area contributed by atoms with Crippen LogP contribution in [0.5, 0.6) is 5.75 Å². The minimum Gasteiger partial charge on any atom is -0.506 e. The van der Waals surface area contributed by atoms with Crippen LogP contribution in [0.2, 0.25) is 0 Å². The normalized spacial score (nSPS) is 12.8. The number of phenols is 1. The van der Waals surface area contributed by atoms with E-state index in [1.165, 1.54) is 0 Å². The van der Waals surface area contributed by atoms with E-state index >= 15 is 0 Å². The lowest BCUT2D eigenvalue weighted by molar-refractivity contribution is -0.139. The maximum absolute atomic E-state index is 11.8. The average Bonchev–Trinajstić information content (AvgIpc) is 2.51. The molecule has 0 radical (unpaired) electrons. The van der Waals surface area contributed by atoms with Gasteiger partial charge in [0.25, 0.3) is 0 Å². The fourth-order valence-electron chi connectivity index (χ4n) is 2.42. The summed E-state index contributed by atoms with van der Waals surface area (Å²) in [7, 11) is 0. The van der Waals surface area contributed by atoms with Crippen LogP contribution in [0.4, 0.5) is 0 Å². The maximum Gasteiger partial charge on any atom is 0.325 e. The molecule has 0 fully saturated rings. The molecule has 0 saturated carbocycles. The van der Waals surface area contributed by atoms with Gasteiger partial charge in [0.2, 0.25) is 0 Å². The van der Waals surface area contributed by atoms with Gasteiger partial charge in [0.1, 0.15) is 11.8 Å². The molecule has 0 aliphatic carbocycles. The number of carboxylic acids is 1. The van der Waals surface area contributed by atoms with Crippen molar-refractivity contribution in [3.63, 3.8) is 0 Å². The number of aromatic hydroxyl groups is 1. The van der Waals surface area contributed by atoms with E-state index in [0.29, 0.717) is 15.7 Å². The molecule has 0 bridgehead atoms. The van der Waals surface area contributed by atoms with E-state index in [2.05, 4.69) is 26.1 Å². The van der Waals surface area contributed by atoms with Gasteiger partial charge in [-0.25, -0.2) is 0 Å². The van der Waals surface area contributed by atoms with Gasteiger partial charge < -0.3 is 10.2 Å². The first-order valence-corrected chi connectivity index (χ1v) is 8.81. The number of hydrogen-bond donors (Lipinski definition) is 3. The molecule has 24 heavy (non-hydrogen) atoms. The van der Waals surface area contributed by atoms with Gasteiger partial charge in [0.05, 0.1) is 3.57 Å². The van der Waals surface area contributed by atoms with Crippen LogP contribution >= 0.6 is 22.6 Å². The minimum absolute atomic E-state index is 0.0246. The van der Waals surface area contributed by atoms with Crippen LogP contribution in [-0.4, -0.2) is 16.2 Å². The van der Waals surface area contributed by atoms with Gasteiger partial charge >= 0.3 is 5.97 Å². The maximum atomic E-state index is 11.8. The number of carboxylic acid groups (broad SMARTS) is 1. The van der Waals surface area contributed by atoms with Gasteiger partial charge in [-0.15, -0.1) is 0 Å². The highest BCUT2D eigenvalue weighted by Crippen LogP contribution is 2.35. The number of halogens is 1. The van der Waals surface area contributed by atoms with Crippen LogP contribution in [0.1, 0.15) is 43.5 Å². The van der Waals surface area contributed by atoms with Crippen LogP contribution in [0.3, 0.4) is 0 Å². The van der Waals surface area contributed by atoms with E-state index < -0.39 is 12.0 Å². The Morgan fingerprint density at radius 2 is 1.83 bits per heavy atom. The second-order valence-corrected chi connectivity index (χ2v) is 7.95. The molecule has 128 valence electrons. The lowest BCUT2D eigenvalue weighted by Gasteiger charge is -2.24. The number of carbonyl (C=O) groups is 1. The highest BCUT2D eigenvalue weighted by molar-refractivity contribution is 14.1. The predicted molar refractivity (Wildman–Crippen MR) is 103 cm³/mol. The Morgan fingerprint density at radius 1 is 1.21 bits per heavy atom. The van der Waals surface area contributed by atoms with E-state index in [1.54, 1.807) is 6.07 Å². The van der Waals surface area contributed by atoms with E-state index in [-0.39, 0.29) is 11.2 Å². The Bertz CT molecular complexity index is 723. The highest BCUT2D eigenvalue weighted by atomic mass is 123. The van der Waals surface area contributed by atoms with Crippen LogP contribution in [0, 0.1) is 3.57 Å². The first-order chi connectivity index (χ1) is 11.2. The summed E-state index contributed by atoms with van der Waals surface area (Å²) in [6.45, 7) is 6.60. The molecule has 3 N–H and O–H groups in total. The van der Waals surface area contributed by atoms with Crippen molar-refractivity contribution in [2.24, 2.45) is 0 Å². The first kappa shape index (κ1) is 18.7. The van der Waals surface area contributed by atoms with Crippen LogP contribution in [0.15, 0.2) is 42.5 Å². The van der Waals surface area contributed by atoms with Crippen molar-refractivity contribution in [2.75, 3.05) is 0 Å². The van der Waals surface area contributed by atoms with Crippen LogP contribution < -0.4 is 5.32 Å². The largest absolute Gasteiger partial charge is 0.506 e. The molecule has 4 nitrogen and oxygen atoms in total. The van der Waals surface area contributed by atoms with Crippen molar-refractivity contribution in [3.05, 3.63) is 62.7 Å². The SMILES string of the molecule is CC(C)(C)c1cc([123I])c(O)c(C(NCc2ccccc2)C(=O)O)c1. The van der Waals surface area contributed by atoms with E-state index in [4.69, 9.17) is 0 Å². The van der Waals surface area contributed by atoms with Crippen molar-refractivity contribution in [3.8, 4) is 5.75 Å². The first-order valence-electron chi connectivity index (χ1n) is 7.73. The predicted octanol–water partition coefficient (Wildman–Crippen LogP) is 4.21. The monoisotopic (exact) mass is 435 g/mol. The molecule has 0 heterocycles. The van der Waals surface area contributed by atoms with Crippen molar-refractivity contribution in [1.29, 1.82) is 0 Å². The number of phenolic OH excluding ortho intramolecular Hbond substituents is 1. The number of nitrogens with one attached hydrogen (secondary N) is 1. The summed E-state index contributed by atoms with van der Waals surface area (Å²) in [5.74, 6) is -0.986. The Labute approximate surface area is 156 Å². The fraction of sp³-hybridized carbons (Fsp3) is 0.316. The Balaban J connectivity index is 2.37. The number of aliphatic carboxylic acids is 1. The van der Waals surface area contributed by atoms with E-state index in [0.717, 1.165) is 11.1 Å².